The number of hydrogen-bond donors (Lipinski definition) is 2. The Balaban J connectivity index is 2.00. The maximum Gasteiger partial charge on any atom is 0.416 e. The number of carbonyl (C=O) groups is 2. The van der Waals surface area contributed by atoms with Gasteiger partial charge in [0.2, 0.25) is 0 Å². The highest BCUT2D eigenvalue weighted by molar-refractivity contribution is 5.89. The van der Waals surface area contributed by atoms with Crippen LogP contribution in [-0.4, -0.2) is 46.4 Å². The Bertz CT molecular complexity index is 784. The van der Waals surface area contributed by atoms with E-state index in [-0.39, 0.29) is 11.6 Å². The van der Waals surface area contributed by atoms with E-state index in [0.29, 0.717) is 17.3 Å². The second kappa shape index (κ2) is 9.81. The van der Waals surface area contributed by atoms with Gasteiger partial charge in [0.1, 0.15) is 11.4 Å². The van der Waals surface area contributed by atoms with Crippen molar-refractivity contribution in [1.29, 1.82) is 0 Å². The average molecular weight is 430 g/mol. The minimum atomic E-state index is -1.01. The minimum Gasteiger partial charge on any atom is -0.478 e. The summed E-state index contributed by atoms with van der Waals surface area (Å²) < 4.78 is 5.85. The first-order valence-electron chi connectivity index (χ1n) is 11.3. The molecule has 2 heterocycles. The topological polar surface area (TPSA) is 91.8 Å². The number of anilines is 1. The van der Waals surface area contributed by atoms with Gasteiger partial charge in [0.25, 0.3) is 0 Å². The third-order valence-corrected chi connectivity index (χ3v) is 6.22. The Morgan fingerprint density at radius 2 is 1.94 bits per heavy atom. The van der Waals surface area contributed by atoms with Gasteiger partial charge in [-0.2, -0.15) is 0 Å². The van der Waals surface area contributed by atoms with E-state index >= 15 is 0 Å². The first-order valence-corrected chi connectivity index (χ1v) is 11.3. The predicted octanol–water partition coefficient (Wildman–Crippen LogP) is 4.62. The Hall–Kier alpha value is -2.41. The molecule has 1 saturated heterocycles. The highest BCUT2D eigenvalue weighted by Crippen LogP contribution is 2.42. The monoisotopic (exact) mass is 429 g/mol. The van der Waals surface area contributed by atoms with Crippen LogP contribution in [0.15, 0.2) is 24.4 Å². The highest BCUT2D eigenvalue weighted by Gasteiger charge is 2.50. The Kier molecular flexibility index (Phi) is 7.36. The summed E-state index contributed by atoms with van der Waals surface area (Å²) in [5, 5.41) is 12.3. The van der Waals surface area contributed by atoms with Crippen LogP contribution in [0.25, 0.3) is 6.08 Å². The van der Waals surface area contributed by atoms with Crippen molar-refractivity contribution in [2.45, 2.75) is 76.9 Å². The largest absolute Gasteiger partial charge is 0.478 e. The van der Waals surface area contributed by atoms with Crippen LogP contribution in [0.1, 0.15) is 71.3 Å². The van der Waals surface area contributed by atoms with Gasteiger partial charge in [-0.25, -0.2) is 14.6 Å². The van der Waals surface area contributed by atoms with Gasteiger partial charge in [-0.3, -0.25) is 4.90 Å². The van der Waals surface area contributed by atoms with Gasteiger partial charge in [0.05, 0.1) is 5.54 Å². The Morgan fingerprint density at radius 1 is 1.23 bits per heavy atom. The summed E-state index contributed by atoms with van der Waals surface area (Å²) in [6.07, 6.45) is 11.7. The quantitative estimate of drug-likeness (QED) is 0.524. The zero-order valence-electron chi connectivity index (χ0n) is 18.9. The third kappa shape index (κ3) is 5.85. The molecule has 1 aliphatic heterocycles. The molecule has 0 unspecified atom stereocenters. The van der Waals surface area contributed by atoms with Crippen molar-refractivity contribution in [1.82, 2.24) is 10.3 Å². The lowest BCUT2D eigenvalue weighted by Gasteiger charge is -2.45. The number of pyridine rings is 1. The molecule has 2 N–H and O–H groups in total. The fourth-order valence-corrected chi connectivity index (χ4v) is 4.84. The summed E-state index contributed by atoms with van der Waals surface area (Å²) >= 11 is 0. The fourth-order valence-electron chi connectivity index (χ4n) is 4.84. The normalized spacial score (nSPS) is 22.9. The number of carboxylic acid groups (broad SMARTS) is 1. The van der Waals surface area contributed by atoms with Crippen LogP contribution in [-0.2, 0) is 9.53 Å². The van der Waals surface area contributed by atoms with E-state index in [1.165, 1.54) is 31.8 Å². The number of nitrogens with zero attached hydrogens (tertiary/aromatic N) is 2. The van der Waals surface area contributed by atoms with E-state index in [1.54, 1.807) is 23.2 Å². The van der Waals surface area contributed by atoms with Gasteiger partial charge in [-0.15, -0.1) is 0 Å². The molecule has 7 nitrogen and oxygen atoms in total. The molecule has 31 heavy (non-hydrogen) atoms. The van der Waals surface area contributed by atoms with E-state index in [4.69, 9.17) is 9.84 Å². The summed E-state index contributed by atoms with van der Waals surface area (Å²) in [5.41, 5.74) is -0.322. The van der Waals surface area contributed by atoms with Crippen LogP contribution in [0.2, 0.25) is 0 Å². The van der Waals surface area contributed by atoms with Crippen molar-refractivity contribution < 1.29 is 19.4 Å². The van der Waals surface area contributed by atoms with Gasteiger partial charge >= 0.3 is 12.1 Å². The number of hydrogen-bond acceptors (Lipinski definition) is 5. The summed E-state index contributed by atoms with van der Waals surface area (Å²) in [4.78, 5) is 30.7. The van der Waals surface area contributed by atoms with Crippen LogP contribution in [0.5, 0.6) is 0 Å². The van der Waals surface area contributed by atoms with Gasteiger partial charge in [0.15, 0.2) is 0 Å². The molecule has 1 atom stereocenters. The zero-order chi connectivity index (χ0) is 22.5. The van der Waals surface area contributed by atoms with Crippen molar-refractivity contribution in [3.8, 4) is 0 Å². The van der Waals surface area contributed by atoms with Crippen LogP contribution in [0.3, 0.4) is 0 Å². The number of aromatic nitrogens is 1. The van der Waals surface area contributed by atoms with Crippen molar-refractivity contribution in [3.63, 3.8) is 0 Å². The SMILES string of the molecule is CC(C)(C)OC(=O)N(c1ccc(/C=C/C(=O)O)cn1)[C@@]1(C2CCCCCC2)CCNC1. The number of nitrogens with one attached hydrogen (secondary N) is 1. The lowest BCUT2D eigenvalue weighted by atomic mass is 9.77. The molecule has 1 aromatic heterocycles. The fraction of sp³-hybridized carbons (Fsp3) is 0.625. The highest BCUT2D eigenvalue weighted by atomic mass is 16.6. The maximum atomic E-state index is 13.5. The van der Waals surface area contributed by atoms with Crippen molar-refractivity contribution in [2.24, 2.45) is 5.92 Å². The summed E-state index contributed by atoms with van der Waals surface area (Å²) in [5.74, 6) is -0.0793. The molecular formula is C24H35N3O4. The van der Waals surface area contributed by atoms with Crippen molar-refractivity contribution >= 4 is 24.0 Å². The molecule has 0 bridgehead atoms. The van der Waals surface area contributed by atoms with Gasteiger partial charge in [0, 0.05) is 18.8 Å². The molecule has 3 rings (SSSR count). The second-order valence-electron chi connectivity index (χ2n) is 9.66. The molecule has 0 aromatic carbocycles. The van der Waals surface area contributed by atoms with E-state index in [9.17, 15) is 9.59 Å². The molecular weight excluding hydrogens is 394 g/mol. The van der Waals surface area contributed by atoms with Gasteiger partial charge in [-0.05, 0) is 76.3 Å². The number of carbonyl (C=O) groups excluding carboxylic acids is 1. The van der Waals surface area contributed by atoms with Gasteiger partial charge < -0.3 is 15.2 Å². The molecule has 1 aromatic rings. The van der Waals surface area contributed by atoms with E-state index in [0.717, 1.165) is 38.4 Å². The standard InChI is InChI=1S/C24H35N3O4/c1-23(2,3)31-22(30)27(20-12-10-18(16-26-20)11-13-21(28)29)24(14-15-25-17-24)19-8-6-4-5-7-9-19/h10-13,16,19,25H,4-9,14-15,17H2,1-3H3,(H,28,29)/b13-11+/t24-/m0/s1. The number of aliphatic carboxylic acids is 1. The molecule has 2 fully saturated rings. The smallest absolute Gasteiger partial charge is 0.416 e. The van der Waals surface area contributed by atoms with Crippen LogP contribution >= 0.6 is 0 Å². The maximum absolute atomic E-state index is 13.5. The number of amides is 1. The second-order valence-corrected chi connectivity index (χ2v) is 9.66. The summed E-state index contributed by atoms with van der Waals surface area (Å²) in [6.45, 7) is 7.21. The van der Waals surface area contributed by atoms with Crippen LogP contribution in [0.4, 0.5) is 10.6 Å². The summed E-state index contributed by atoms with van der Waals surface area (Å²) in [7, 11) is 0. The zero-order valence-corrected chi connectivity index (χ0v) is 18.9. The molecule has 0 spiro atoms. The number of carboxylic acids is 1. The molecule has 1 aliphatic carbocycles. The molecule has 7 heteroatoms. The lowest BCUT2D eigenvalue weighted by molar-refractivity contribution is -0.131. The molecule has 1 amide bonds. The molecule has 0 radical (unpaired) electrons. The Labute approximate surface area is 184 Å². The van der Waals surface area contributed by atoms with E-state index < -0.39 is 11.6 Å². The van der Waals surface area contributed by atoms with Crippen LogP contribution < -0.4 is 10.2 Å². The minimum absolute atomic E-state index is 0.373. The average Bonchev–Trinajstić information content (AvgIpc) is 3.01. The number of rotatable bonds is 5. The molecule has 170 valence electrons. The van der Waals surface area contributed by atoms with Gasteiger partial charge in [-0.1, -0.05) is 25.7 Å². The molecule has 1 saturated carbocycles. The first-order chi connectivity index (χ1) is 14.7. The van der Waals surface area contributed by atoms with E-state index in [2.05, 4.69) is 10.3 Å². The van der Waals surface area contributed by atoms with Crippen LogP contribution in [0, 0.1) is 5.92 Å². The predicted molar refractivity (Wildman–Crippen MR) is 121 cm³/mol. The molecule has 2 aliphatic rings. The van der Waals surface area contributed by atoms with Crippen molar-refractivity contribution in [2.75, 3.05) is 18.0 Å². The van der Waals surface area contributed by atoms with E-state index in [1.807, 2.05) is 20.8 Å². The third-order valence-electron chi connectivity index (χ3n) is 6.22. The Morgan fingerprint density at radius 3 is 2.45 bits per heavy atom. The first kappa shape index (κ1) is 23.3. The van der Waals surface area contributed by atoms with Crippen molar-refractivity contribution in [3.05, 3.63) is 30.0 Å². The summed E-state index contributed by atoms with van der Waals surface area (Å²) in [6, 6.07) is 3.59. The lowest BCUT2D eigenvalue weighted by Crippen LogP contribution is -2.59. The number of ether oxygens (including phenoxy) is 1.